The molecule has 3 rings (SSSR count). The van der Waals surface area contributed by atoms with Gasteiger partial charge in [-0.25, -0.2) is 9.18 Å². The van der Waals surface area contributed by atoms with Crippen LogP contribution in [-0.4, -0.2) is 15.6 Å². The molecule has 0 aliphatic heterocycles. The van der Waals surface area contributed by atoms with Crippen LogP contribution in [0.3, 0.4) is 0 Å². The zero-order chi connectivity index (χ0) is 12.2. The first-order chi connectivity index (χ1) is 8.08. The van der Waals surface area contributed by atoms with Gasteiger partial charge in [0.15, 0.2) is 0 Å². The molecule has 0 atom stereocenters. The lowest BCUT2D eigenvalue weighted by Crippen LogP contribution is -2.03. The van der Waals surface area contributed by atoms with E-state index in [4.69, 9.17) is 5.11 Å². The molecule has 0 amide bonds. The van der Waals surface area contributed by atoms with E-state index in [1.807, 2.05) is 0 Å². The van der Waals surface area contributed by atoms with Crippen molar-refractivity contribution in [3.63, 3.8) is 0 Å². The number of nitrogens with zero attached hydrogens (tertiary/aromatic N) is 1. The monoisotopic (exact) mass is 249 g/mol. The summed E-state index contributed by atoms with van der Waals surface area (Å²) in [5.41, 5.74) is 1.10. The average Bonchev–Trinajstić information content (AvgIpc) is 2.75. The molecule has 0 bridgehead atoms. The van der Waals surface area contributed by atoms with E-state index in [0.29, 0.717) is 0 Å². The van der Waals surface area contributed by atoms with Gasteiger partial charge in [-0.05, 0) is 24.3 Å². The molecule has 0 unspecified atom stereocenters. The van der Waals surface area contributed by atoms with Crippen LogP contribution < -0.4 is 0 Å². The number of aromatic carboxylic acids is 1. The number of fused-ring (bicyclic) bond motifs is 3. The Morgan fingerprint density at radius 2 is 2.12 bits per heavy atom. The number of aryl methyl sites for hydroxylation is 1. The van der Waals surface area contributed by atoms with E-state index in [9.17, 15) is 9.18 Å². The maximum absolute atomic E-state index is 13.1. The van der Waals surface area contributed by atoms with E-state index >= 15 is 0 Å². The zero-order valence-electron chi connectivity index (χ0n) is 8.90. The molecule has 3 aromatic rings. The van der Waals surface area contributed by atoms with E-state index in [0.717, 1.165) is 20.3 Å². The number of thiophene rings is 1. The summed E-state index contributed by atoms with van der Waals surface area (Å²) in [5, 5.41) is 9.92. The summed E-state index contributed by atoms with van der Waals surface area (Å²) in [6.07, 6.45) is 0. The first-order valence-corrected chi connectivity index (χ1v) is 5.80. The van der Waals surface area contributed by atoms with Gasteiger partial charge in [-0.1, -0.05) is 0 Å². The Morgan fingerprint density at radius 3 is 2.82 bits per heavy atom. The molecule has 0 aliphatic rings. The van der Waals surface area contributed by atoms with E-state index in [1.165, 1.54) is 23.5 Å². The Kier molecular flexibility index (Phi) is 2.00. The Hall–Kier alpha value is -1.88. The average molecular weight is 249 g/mol. The number of carboxylic acid groups (broad SMARTS) is 1. The molecule has 0 saturated heterocycles. The third kappa shape index (κ3) is 1.36. The normalized spacial score (nSPS) is 11.4. The highest BCUT2D eigenvalue weighted by Crippen LogP contribution is 2.35. The lowest BCUT2D eigenvalue weighted by atomic mass is 10.2. The van der Waals surface area contributed by atoms with Crippen molar-refractivity contribution in [3.05, 3.63) is 35.8 Å². The predicted molar refractivity (Wildman–Crippen MR) is 65.2 cm³/mol. The molecule has 2 aromatic heterocycles. The van der Waals surface area contributed by atoms with Crippen LogP contribution in [0.2, 0.25) is 0 Å². The minimum Gasteiger partial charge on any atom is -0.477 e. The number of rotatable bonds is 1. The quantitative estimate of drug-likeness (QED) is 0.719. The van der Waals surface area contributed by atoms with Crippen LogP contribution in [0.1, 0.15) is 10.5 Å². The largest absolute Gasteiger partial charge is 0.477 e. The minimum absolute atomic E-state index is 0.248. The second kappa shape index (κ2) is 3.30. The molecule has 1 N–H and O–H groups in total. The van der Waals surface area contributed by atoms with Crippen LogP contribution in [0.15, 0.2) is 24.3 Å². The van der Waals surface area contributed by atoms with Crippen molar-refractivity contribution in [2.24, 2.45) is 7.05 Å². The van der Waals surface area contributed by atoms with Gasteiger partial charge in [-0.2, -0.15) is 0 Å². The molecule has 0 aliphatic carbocycles. The number of benzene rings is 1. The first kappa shape index (κ1) is 10.3. The molecule has 0 spiro atoms. The minimum atomic E-state index is -0.953. The van der Waals surface area contributed by atoms with Crippen molar-refractivity contribution < 1.29 is 14.3 Å². The van der Waals surface area contributed by atoms with Crippen LogP contribution in [0.25, 0.3) is 20.3 Å². The van der Waals surface area contributed by atoms with Crippen molar-refractivity contribution in [1.29, 1.82) is 0 Å². The van der Waals surface area contributed by atoms with Gasteiger partial charge in [0.25, 0.3) is 0 Å². The summed E-state index contributed by atoms with van der Waals surface area (Å²) >= 11 is 1.40. The maximum atomic E-state index is 13.1. The van der Waals surface area contributed by atoms with Gasteiger partial charge in [0.1, 0.15) is 11.5 Å². The fourth-order valence-electron chi connectivity index (χ4n) is 2.07. The highest BCUT2D eigenvalue weighted by molar-refractivity contribution is 7.25. The molecule has 5 heteroatoms. The second-order valence-electron chi connectivity index (χ2n) is 3.85. The number of carboxylic acids is 1. The van der Waals surface area contributed by atoms with E-state index in [1.54, 1.807) is 23.7 Å². The number of hydrogen-bond donors (Lipinski definition) is 1. The van der Waals surface area contributed by atoms with E-state index in [2.05, 4.69) is 0 Å². The lowest BCUT2D eigenvalue weighted by Gasteiger charge is -1.99. The number of hydrogen-bond acceptors (Lipinski definition) is 2. The molecule has 0 radical (unpaired) electrons. The lowest BCUT2D eigenvalue weighted by molar-refractivity contribution is 0.0687. The smallest absolute Gasteiger partial charge is 0.352 e. The third-order valence-corrected chi connectivity index (χ3v) is 3.92. The fourth-order valence-corrected chi connectivity index (χ4v) is 3.26. The first-order valence-electron chi connectivity index (χ1n) is 4.98. The summed E-state index contributed by atoms with van der Waals surface area (Å²) in [4.78, 5) is 11.0. The predicted octanol–water partition coefficient (Wildman–Crippen LogP) is 3.23. The van der Waals surface area contributed by atoms with Crippen molar-refractivity contribution in [1.82, 2.24) is 4.57 Å². The van der Waals surface area contributed by atoms with Gasteiger partial charge in [0.2, 0.25) is 0 Å². The van der Waals surface area contributed by atoms with Crippen molar-refractivity contribution in [3.8, 4) is 0 Å². The van der Waals surface area contributed by atoms with Crippen LogP contribution in [0.5, 0.6) is 0 Å². The number of carbonyl (C=O) groups is 1. The van der Waals surface area contributed by atoms with Gasteiger partial charge < -0.3 is 9.67 Å². The number of aromatic nitrogens is 1. The number of halogens is 1. The maximum Gasteiger partial charge on any atom is 0.352 e. The topological polar surface area (TPSA) is 42.2 Å². The summed E-state index contributed by atoms with van der Waals surface area (Å²) in [6, 6.07) is 6.18. The SMILES string of the molecule is Cn1c(C(=O)O)cc2sc3cc(F)ccc3c21. The van der Waals surface area contributed by atoms with E-state index in [-0.39, 0.29) is 11.5 Å². The van der Waals surface area contributed by atoms with Gasteiger partial charge in [0, 0.05) is 17.1 Å². The van der Waals surface area contributed by atoms with Crippen molar-refractivity contribution >= 4 is 37.6 Å². The molecule has 0 fully saturated rings. The Morgan fingerprint density at radius 1 is 1.35 bits per heavy atom. The van der Waals surface area contributed by atoms with Crippen LogP contribution in [0.4, 0.5) is 4.39 Å². The standard InChI is InChI=1S/C12H8FNO2S/c1-14-8(12(15)16)5-10-11(14)7-3-2-6(13)4-9(7)17-10/h2-5H,1H3,(H,15,16). The van der Waals surface area contributed by atoms with Crippen molar-refractivity contribution in [2.45, 2.75) is 0 Å². The summed E-state index contributed by atoms with van der Waals surface area (Å²) < 4.78 is 16.4. The Bertz CT molecular complexity index is 757. The van der Waals surface area contributed by atoms with Crippen LogP contribution in [0, 0.1) is 5.82 Å². The van der Waals surface area contributed by atoms with Gasteiger partial charge in [-0.15, -0.1) is 11.3 Å². The van der Waals surface area contributed by atoms with Gasteiger partial charge in [0.05, 0.1) is 10.2 Å². The molecule has 86 valence electrons. The molecular formula is C12H8FNO2S. The van der Waals surface area contributed by atoms with Crippen molar-refractivity contribution in [2.75, 3.05) is 0 Å². The summed E-state index contributed by atoms with van der Waals surface area (Å²) in [5.74, 6) is -1.23. The summed E-state index contributed by atoms with van der Waals surface area (Å²) in [6.45, 7) is 0. The molecule has 1 aromatic carbocycles. The second-order valence-corrected chi connectivity index (χ2v) is 4.93. The van der Waals surface area contributed by atoms with E-state index < -0.39 is 5.97 Å². The third-order valence-electron chi connectivity index (χ3n) is 2.84. The zero-order valence-corrected chi connectivity index (χ0v) is 9.71. The Labute approximate surface area is 99.7 Å². The molecule has 2 heterocycles. The highest BCUT2D eigenvalue weighted by Gasteiger charge is 2.16. The van der Waals surface area contributed by atoms with Crippen LogP contribution in [-0.2, 0) is 7.05 Å². The molecule has 3 nitrogen and oxygen atoms in total. The van der Waals surface area contributed by atoms with Gasteiger partial charge >= 0.3 is 5.97 Å². The fraction of sp³-hybridized carbons (Fsp3) is 0.0833. The van der Waals surface area contributed by atoms with Gasteiger partial charge in [-0.3, -0.25) is 0 Å². The molecule has 0 saturated carbocycles. The molecular weight excluding hydrogens is 241 g/mol. The highest BCUT2D eigenvalue weighted by atomic mass is 32.1. The van der Waals surface area contributed by atoms with Crippen LogP contribution >= 0.6 is 11.3 Å². The molecule has 17 heavy (non-hydrogen) atoms. The summed E-state index contributed by atoms with van der Waals surface area (Å²) in [7, 11) is 1.71. The Balaban J connectivity index is 2.46.